The normalized spacial score (nSPS) is 10.1. The fraction of sp³-hybridized carbons (Fsp3) is 0.133. The van der Waals surface area contributed by atoms with Crippen LogP contribution in [0.1, 0.15) is 16.7 Å². The number of rotatable bonds is 4. The topological polar surface area (TPSA) is 33.0 Å². The quantitative estimate of drug-likeness (QED) is 0.737. The molecule has 0 fully saturated rings. The first-order valence-electron chi connectivity index (χ1n) is 5.80. The molecule has 0 spiro atoms. The standard InChI is InChI=1S/C15H10BrClFNO/c16-7-13-14(17)2-1-3-15(13)20-9-11-6-12(18)5-4-10(11)8-19/h1-6H,7,9H2. The molecule has 0 atom stereocenters. The van der Waals surface area contributed by atoms with Crippen LogP contribution in [-0.4, -0.2) is 0 Å². The first-order valence-corrected chi connectivity index (χ1v) is 7.30. The molecule has 0 aliphatic carbocycles. The predicted octanol–water partition coefficient (Wildman–Crippen LogP) is 4.82. The zero-order valence-electron chi connectivity index (χ0n) is 10.4. The molecule has 0 heterocycles. The Morgan fingerprint density at radius 1 is 1.30 bits per heavy atom. The van der Waals surface area contributed by atoms with Crippen LogP contribution in [0.15, 0.2) is 36.4 Å². The van der Waals surface area contributed by atoms with E-state index in [0.29, 0.717) is 27.2 Å². The van der Waals surface area contributed by atoms with E-state index in [1.165, 1.54) is 18.2 Å². The average molecular weight is 355 g/mol. The maximum atomic E-state index is 13.2. The second-order valence-electron chi connectivity index (χ2n) is 4.05. The molecule has 0 saturated heterocycles. The van der Waals surface area contributed by atoms with Gasteiger partial charge in [0.1, 0.15) is 18.2 Å². The summed E-state index contributed by atoms with van der Waals surface area (Å²) in [7, 11) is 0. The van der Waals surface area contributed by atoms with E-state index in [0.717, 1.165) is 5.56 Å². The number of halogens is 3. The van der Waals surface area contributed by atoms with Gasteiger partial charge in [-0.3, -0.25) is 0 Å². The highest BCUT2D eigenvalue weighted by Gasteiger charge is 2.09. The first-order chi connectivity index (χ1) is 9.65. The molecule has 0 unspecified atom stereocenters. The summed E-state index contributed by atoms with van der Waals surface area (Å²) in [6, 6.07) is 11.4. The van der Waals surface area contributed by atoms with Crippen molar-refractivity contribution in [2.75, 3.05) is 0 Å². The third-order valence-corrected chi connectivity index (χ3v) is 3.70. The Balaban J connectivity index is 2.24. The second-order valence-corrected chi connectivity index (χ2v) is 5.02. The van der Waals surface area contributed by atoms with Crippen molar-refractivity contribution in [3.8, 4) is 11.8 Å². The number of ether oxygens (including phenoxy) is 1. The summed E-state index contributed by atoms with van der Waals surface area (Å²) in [4.78, 5) is 0. The van der Waals surface area contributed by atoms with Crippen molar-refractivity contribution < 1.29 is 9.13 Å². The van der Waals surface area contributed by atoms with Crippen LogP contribution in [-0.2, 0) is 11.9 Å². The largest absolute Gasteiger partial charge is 0.488 e. The third kappa shape index (κ3) is 3.30. The van der Waals surface area contributed by atoms with Gasteiger partial charge in [0, 0.05) is 21.5 Å². The Morgan fingerprint density at radius 2 is 2.10 bits per heavy atom. The maximum absolute atomic E-state index is 13.2. The van der Waals surface area contributed by atoms with Gasteiger partial charge in [-0.25, -0.2) is 4.39 Å². The van der Waals surface area contributed by atoms with Crippen molar-refractivity contribution in [2.24, 2.45) is 0 Å². The van der Waals surface area contributed by atoms with Crippen molar-refractivity contribution in [3.63, 3.8) is 0 Å². The van der Waals surface area contributed by atoms with Gasteiger partial charge in [-0.05, 0) is 30.3 Å². The van der Waals surface area contributed by atoms with Crippen molar-refractivity contribution in [3.05, 3.63) is 63.9 Å². The molecule has 5 heteroatoms. The highest BCUT2D eigenvalue weighted by atomic mass is 79.9. The molecule has 2 nitrogen and oxygen atoms in total. The summed E-state index contributed by atoms with van der Waals surface area (Å²) in [6.45, 7) is 0.112. The molecule has 0 radical (unpaired) electrons. The molecular formula is C15H10BrClFNO. The van der Waals surface area contributed by atoms with Crippen LogP contribution in [0.4, 0.5) is 4.39 Å². The summed E-state index contributed by atoms with van der Waals surface area (Å²) < 4.78 is 18.9. The zero-order valence-corrected chi connectivity index (χ0v) is 12.7. The number of hydrogen-bond donors (Lipinski definition) is 0. The molecule has 0 saturated carbocycles. The van der Waals surface area contributed by atoms with Gasteiger partial charge in [-0.15, -0.1) is 0 Å². The molecule has 2 aromatic rings. The zero-order chi connectivity index (χ0) is 14.5. The van der Waals surface area contributed by atoms with E-state index in [2.05, 4.69) is 15.9 Å². The molecule has 0 aromatic heterocycles. The fourth-order valence-electron chi connectivity index (χ4n) is 1.75. The molecule has 0 bridgehead atoms. The van der Waals surface area contributed by atoms with Crippen LogP contribution in [0.5, 0.6) is 5.75 Å². The maximum Gasteiger partial charge on any atom is 0.125 e. The molecule has 0 aliphatic heterocycles. The lowest BCUT2D eigenvalue weighted by atomic mass is 10.1. The lowest BCUT2D eigenvalue weighted by Crippen LogP contribution is -2.01. The highest BCUT2D eigenvalue weighted by molar-refractivity contribution is 9.08. The summed E-state index contributed by atoms with van der Waals surface area (Å²) in [5.41, 5.74) is 1.73. The Labute approximate surface area is 129 Å². The lowest BCUT2D eigenvalue weighted by molar-refractivity contribution is 0.303. The van der Waals surface area contributed by atoms with Gasteiger partial charge in [-0.2, -0.15) is 5.26 Å². The van der Waals surface area contributed by atoms with Gasteiger partial charge in [-0.1, -0.05) is 33.6 Å². The summed E-state index contributed by atoms with van der Waals surface area (Å²) in [5, 5.41) is 10.1. The Kier molecular flexibility index (Phi) is 4.99. The van der Waals surface area contributed by atoms with Gasteiger partial charge in [0.05, 0.1) is 11.6 Å². The van der Waals surface area contributed by atoms with E-state index in [4.69, 9.17) is 21.6 Å². The minimum atomic E-state index is -0.394. The SMILES string of the molecule is N#Cc1ccc(F)cc1COc1cccc(Cl)c1CBr. The number of nitrogens with zero attached hydrogens (tertiary/aromatic N) is 1. The van der Waals surface area contributed by atoms with Gasteiger partial charge in [0.2, 0.25) is 0 Å². The van der Waals surface area contributed by atoms with E-state index in [1.807, 2.05) is 6.07 Å². The van der Waals surface area contributed by atoms with E-state index >= 15 is 0 Å². The Bertz CT molecular complexity index is 669. The molecule has 102 valence electrons. The Hall–Kier alpha value is -1.57. The van der Waals surface area contributed by atoms with Gasteiger partial charge < -0.3 is 4.74 Å². The van der Waals surface area contributed by atoms with Crippen molar-refractivity contribution in [2.45, 2.75) is 11.9 Å². The molecule has 20 heavy (non-hydrogen) atoms. The van der Waals surface area contributed by atoms with Crippen LogP contribution in [0.2, 0.25) is 5.02 Å². The van der Waals surface area contributed by atoms with E-state index < -0.39 is 5.82 Å². The van der Waals surface area contributed by atoms with E-state index in [-0.39, 0.29) is 6.61 Å². The number of nitriles is 1. The molecule has 0 N–H and O–H groups in total. The number of alkyl halides is 1. The summed E-state index contributed by atoms with van der Waals surface area (Å²) >= 11 is 9.42. The predicted molar refractivity (Wildman–Crippen MR) is 79.5 cm³/mol. The van der Waals surface area contributed by atoms with E-state index in [9.17, 15) is 4.39 Å². The third-order valence-electron chi connectivity index (χ3n) is 2.78. The first kappa shape index (κ1) is 14.8. The van der Waals surface area contributed by atoms with Gasteiger partial charge in [0.15, 0.2) is 0 Å². The van der Waals surface area contributed by atoms with Crippen molar-refractivity contribution in [1.29, 1.82) is 5.26 Å². The molecule has 2 rings (SSSR count). The number of benzene rings is 2. The second kappa shape index (κ2) is 6.74. The smallest absolute Gasteiger partial charge is 0.125 e. The Morgan fingerprint density at radius 3 is 2.80 bits per heavy atom. The fourth-order valence-corrected chi connectivity index (χ4v) is 2.72. The molecular weight excluding hydrogens is 345 g/mol. The number of hydrogen-bond acceptors (Lipinski definition) is 2. The minimum Gasteiger partial charge on any atom is -0.488 e. The minimum absolute atomic E-state index is 0.112. The molecule has 0 aliphatic rings. The lowest BCUT2D eigenvalue weighted by Gasteiger charge is -2.12. The molecule has 0 amide bonds. The van der Waals surface area contributed by atoms with Gasteiger partial charge in [0.25, 0.3) is 0 Å². The average Bonchev–Trinajstić information content (AvgIpc) is 2.45. The summed E-state index contributed by atoms with van der Waals surface area (Å²) in [5.74, 6) is 0.219. The van der Waals surface area contributed by atoms with Crippen LogP contribution >= 0.6 is 27.5 Å². The molecule has 2 aromatic carbocycles. The van der Waals surface area contributed by atoms with Crippen molar-refractivity contribution >= 4 is 27.5 Å². The van der Waals surface area contributed by atoms with Crippen LogP contribution < -0.4 is 4.74 Å². The highest BCUT2D eigenvalue weighted by Crippen LogP contribution is 2.29. The van der Waals surface area contributed by atoms with Crippen molar-refractivity contribution in [1.82, 2.24) is 0 Å². The summed E-state index contributed by atoms with van der Waals surface area (Å²) in [6.07, 6.45) is 0. The van der Waals surface area contributed by atoms with Crippen LogP contribution in [0.3, 0.4) is 0 Å². The van der Waals surface area contributed by atoms with E-state index in [1.54, 1.807) is 18.2 Å². The monoisotopic (exact) mass is 353 g/mol. The van der Waals surface area contributed by atoms with Crippen LogP contribution in [0.25, 0.3) is 0 Å². The van der Waals surface area contributed by atoms with Gasteiger partial charge >= 0.3 is 0 Å². The van der Waals surface area contributed by atoms with Crippen LogP contribution in [0, 0.1) is 17.1 Å².